The molecule has 0 spiro atoms. The van der Waals surface area contributed by atoms with Gasteiger partial charge < -0.3 is 23.7 Å². The molecule has 4 bridgehead atoms. The van der Waals surface area contributed by atoms with Crippen LogP contribution in [0.25, 0.3) is 0 Å². The van der Waals surface area contributed by atoms with Crippen molar-refractivity contribution < 1.29 is 38.1 Å². The normalized spacial score (nSPS) is 30.7. The Morgan fingerprint density at radius 2 is 1.70 bits per heavy atom. The molecule has 0 aromatic carbocycles. The number of allylic oxidation sites excluding steroid dienone is 5. The number of rotatable bonds is 6. The summed E-state index contributed by atoms with van der Waals surface area (Å²) in [6.45, 7) is 1.86. The third-order valence-electron chi connectivity index (χ3n) is 7.30. The summed E-state index contributed by atoms with van der Waals surface area (Å²) in [5.74, 6) is -1.02. The Balaban J connectivity index is 1.71. The zero-order valence-corrected chi connectivity index (χ0v) is 24.0. The Hall–Kier alpha value is -2.97. The molecule has 0 radical (unpaired) electrons. The van der Waals surface area contributed by atoms with E-state index in [9.17, 15) is 14.4 Å². The maximum Gasteiger partial charge on any atom is 0.330 e. The molecule has 3 heterocycles. The van der Waals surface area contributed by atoms with E-state index in [0.717, 1.165) is 49.7 Å². The fourth-order valence-corrected chi connectivity index (χ4v) is 5.33. The van der Waals surface area contributed by atoms with Gasteiger partial charge in [-0.05, 0) is 57.9 Å². The number of cyclic esters (lactones) is 1. The van der Waals surface area contributed by atoms with Gasteiger partial charge in [-0.3, -0.25) is 9.59 Å². The first-order valence-electron chi connectivity index (χ1n) is 14.3. The van der Waals surface area contributed by atoms with Crippen LogP contribution in [-0.2, 0) is 38.1 Å². The Labute approximate surface area is 238 Å². The maximum atomic E-state index is 13.0. The first kappa shape index (κ1) is 31.6. The Morgan fingerprint density at radius 1 is 0.925 bits per heavy atom. The van der Waals surface area contributed by atoms with Crippen LogP contribution in [0.1, 0.15) is 77.6 Å². The number of hydrogen-bond acceptors (Lipinski definition) is 8. The second-order valence-electron chi connectivity index (χ2n) is 10.7. The van der Waals surface area contributed by atoms with Crippen LogP contribution >= 0.6 is 0 Å². The number of carbonyl (C=O) groups excluding carboxylic acids is 3. The van der Waals surface area contributed by atoms with E-state index in [2.05, 4.69) is 16.9 Å². The molecule has 2 fully saturated rings. The highest BCUT2D eigenvalue weighted by atomic mass is 16.6. The first-order valence-corrected chi connectivity index (χ1v) is 14.3. The summed E-state index contributed by atoms with van der Waals surface area (Å²) in [6.07, 6.45) is 22.2. The molecule has 3 rings (SSSR count). The second kappa shape index (κ2) is 17.0. The van der Waals surface area contributed by atoms with Crippen LogP contribution in [0.5, 0.6) is 0 Å². The molecule has 0 N–H and O–H groups in total. The number of ether oxygens (including phenoxy) is 5. The molecule has 2 saturated heterocycles. The average molecular weight is 557 g/mol. The molecule has 0 aromatic heterocycles. The molecule has 3 aliphatic heterocycles. The van der Waals surface area contributed by atoms with Gasteiger partial charge in [0.2, 0.25) is 0 Å². The zero-order chi connectivity index (χ0) is 28.7. The summed E-state index contributed by atoms with van der Waals surface area (Å²) in [4.78, 5) is 36.3. The molecule has 0 aromatic rings. The lowest BCUT2D eigenvalue weighted by atomic mass is 9.90. The van der Waals surface area contributed by atoms with Crippen LogP contribution in [-0.4, -0.2) is 62.6 Å². The van der Waals surface area contributed by atoms with E-state index in [1.165, 1.54) is 20.3 Å². The standard InChI is InChI=1S/C32H44O8/c1-23(17-30(33)36-2)11-6-4-7-13-26-14-9-5-8-12-25-15-10-16-27(38-25)21-28-18-24(20-31(34)37-3)19-29(39-28)22-32(35)40-26/h4-7,9,11,13,20,25-29H,8,10,12,14-19,21-22H2,1-3H3/b6-4-,9-5-,13-7+,23-11+,24-20+/t25-,26+,27-,28-,29+/m1/s1. The molecule has 220 valence electrons. The van der Waals surface area contributed by atoms with Crippen molar-refractivity contribution in [3.8, 4) is 0 Å². The third-order valence-corrected chi connectivity index (χ3v) is 7.30. The SMILES string of the molecule is COC(=O)/C=C1/C[C@H]2CC(=O)O[C@@H](/C=C/C=C\C=C(/C)CC(=O)OC)C/C=C\CC[C@@H]3CCC[C@H](C[C@@H](C1)O2)O3. The highest BCUT2D eigenvalue weighted by Gasteiger charge is 2.32. The first-order chi connectivity index (χ1) is 19.3. The largest absolute Gasteiger partial charge is 0.469 e. The lowest BCUT2D eigenvalue weighted by Crippen LogP contribution is -2.37. The number of hydrogen-bond donors (Lipinski definition) is 0. The topological polar surface area (TPSA) is 97.4 Å². The van der Waals surface area contributed by atoms with E-state index < -0.39 is 12.1 Å². The van der Waals surface area contributed by atoms with Crippen LogP contribution in [0.4, 0.5) is 0 Å². The van der Waals surface area contributed by atoms with Crippen LogP contribution < -0.4 is 0 Å². The molecule has 40 heavy (non-hydrogen) atoms. The molecular weight excluding hydrogens is 512 g/mol. The van der Waals surface area contributed by atoms with Crippen molar-refractivity contribution in [2.24, 2.45) is 0 Å². The van der Waals surface area contributed by atoms with E-state index in [-0.39, 0.29) is 49.2 Å². The van der Waals surface area contributed by atoms with Crippen LogP contribution in [0.3, 0.4) is 0 Å². The molecule has 0 amide bonds. The van der Waals surface area contributed by atoms with Gasteiger partial charge in [-0.25, -0.2) is 4.79 Å². The van der Waals surface area contributed by atoms with Gasteiger partial charge in [0.15, 0.2) is 0 Å². The van der Waals surface area contributed by atoms with Gasteiger partial charge in [-0.15, -0.1) is 0 Å². The van der Waals surface area contributed by atoms with E-state index in [4.69, 9.17) is 18.9 Å². The van der Waals surface area contributed by atoms with Crippen molar-refractivity contribution >= 4 is 17.9 Å². The van der Waals surface area contributed by atoms with Gasteiger partial charge in [0, 0.05) is 18.9 Å². The summed E-state index contributed by atoms with van der Waals surface area (Å²) < 4.78 is 28.1. The van der Waals surface area contributed by atoms with E-state index >= 15 is 0 Å². The van der Waals surface area contributed by atoms with Gasteiger partial charge in [0.05, 0.1) is 51.5 Å². The van der Waals surface area contributed by atoms with E-state index in [0.29, 0.717) is 19.3 Å². The quantitative estimate of drug-likeness (QED) is 0.137. The molecule has 8 heteroatoms. The van der Waals surface area contributed by atoms with Crippen molar-refractivity contribution in [2.45, 2.75) is 108 Å². The zero-order valence-electron chi connectivity index (χ0n) is 24.0. The number of fused-ring (bicyclic) bond motifs is 4. The summed E-state index contributed by atoms with van der Waals surface area (Å²) >= 11 is 0. The van der Waals surface area contributed by atoms with Gasteiger partial charge in [0.1, 0.15) is 6.10 Å². The van der Waals surface area contributed by atoms with Crippen molar-refractivity contribution in [1.29, 1.82) is 0 Å². The van der Waals surface area contributed by atoms with Gasteiger partial charge >= 0.3 is 17.9 Å². The minimum atomic E-state index is -0.429. The third kappa shape index (κ3) is 11.6. The average Bonchev–Trinajstić information content (AvgIpc) is 2.91. The monoisotopic (exact) mass is 556 g/mol. The smallest absolute Gasteiger partial charge is 0.330 e. The Bertz CT molecular complexity index is 1000. The molecule has 0 unspecified atom stereocenters. The second-order valence-corrected chi connectivity index (χ2v) is 10.7. The molecule has 0 aliphatic carbocycles. The summed E-state index contributed by atoms with van der Waals surface area (Å²) in [7, 11) is 2.73. The van der Waals surface area contributed by atoms with Crippen molar-refractivity contribution in [3.05, 3.63) is 59.8 Å². The van der Waals surface area contributed by atoms with Crippen molar-refractivity contribution in [1.82, 2.24) is 0 Å². The number of esters is 3. The molecule has 0 saturated carbocycles. The number of carbonyl (C=O) groups is 3. The molecule has 5 atom stereocenters. The van der Waals surface area contributed by atoms with Crippen LogP contribution in [0, 0.1) is 0 Å². The van der Waals surface area contributed by atoms with Crippen LogP contribution in [0.15, 0.2) is 59.8 Å². The minimum absolute atomic E-state index is 0.0997. The minimum Gasteiger partial charge on any atom is -0.469 e. The fraction of sp³-hybridized carbons (Fsp3) is 0.594. The predicted octanol–water partition coefficient (Wildman–Crippen LogP) is 5.63. The number of methoxy groups -OCH3 is 2. The van der Waals surface area contributed by atoms with Gasteiger partial charge in [-0.2, -0.15) is 0 Å². The van der Waals surface area contributed by atoms with E-state index in [1.807, 2.05) is 37.3 Å². The van der Waals surface area contributed by atoms with Crippen LogP contribution in [0.2, 0.25) is 0 Å². The fourth-order valence-electron chi connectivity index (χ4n) is 5.33. The van der Waals surface area contributed by atoms with Gasteiger partial charge in [-0.1, -0.05) is 47.6 Å². The Kier molecular flexibility index (Phi) is 13.4. The van der Waals surface area contributed by atoms with Crippen molar-refractivity contribution in [3.63, 3.8) is 0 Å². The predicted molar refractivity (Wildman–Crippen MR) is 151 cm³/mol. The summed E-state index contributed by atoms with van der Waals surface area (Å²) in [5.41, 5.74) is 1.81. The highest BCUT2D eigenvalue weighted by Crippen LogP contribution is 2.33. The molecule has 8 nitrogen and oxygen atoms in total. The summed E-state index contributed by atoms with van der Waals surface area (Å²) in [6, 6.07) is 0. The summed E-state index contributed by atoms with van der Waals surface area (Å²) in [5, 5.41) is 0. The van der Waals surface area contributed by atoms with Crippen molar-refractivity contribution in [2.75, 3.05) is 14.2 Å². The lowest BCUT2D eigenvalue weighted by molar-refractivity contribution is -0.153. The molecular formula is C32H44O8. The Morgan fingerprint density at radius 3 is 2.50 bits per heavy atom. The maximum absolute atomic E-state index is 13.0. The lowest BCUT2D eigenvalue weighted by Gasteiger charge is -2.36. The molecule has 3 aliphatic rings. The highest BCUT2D eigenvalue weighted by molar-refractivity contribution is 5.82. The van der Waals surface area contributed by atoms with E-state index in [1.54, 1.807) is 0 Å². The van der Waals surface area contributed by atoms with Gasteiger partial charge in [0.25, 0.3) is 0 Å².